The number of para-hydroxylation sites is 2. The zero-order valence-electron chi connectivity index (χ0n) is 13.4. The van der Waals surface area contributed by atoms with Crippen molar-refractivity contribution in [2.24, 2.45) is 0 Å². The fourth-order valence-electron chi connectivity index (χ4n) is 3.12. The highest BCUT2D eigenvalue weighted by Gasteiger charge is 2.14. The van der Waals surface area contributed by atoms with E-state index in [-0.39, 0.29) is 12.6 Å². The maximum absolute atomic E-state index is 10.4. The van der Waals surface area contributed by atoms with Crippen LogP contribution in [0, 0.1) is 0 Å². The van der Waals surface area contributed by atoms with Crippen LogP contribution in [-0.2, 0) is 6.54 Å². The van der Waals surface area contributed by atoms with Gasteiger partial charge in [-0.15, -0.1) is 0 Å². The Hall–Kier alpha value is -1.88. The van der Waals surface area contributed by atoms with Crippen LogP contribution in [0.2, 0.25) is 0 Å². The predicted molar refractivity (Wildman–Crippen MR) is 94.6 cm³/mol. The molecule has 23 heavy (non-hydrogen) atoms. The molecule has 0 aliphatic rings. The van der Waals surface area contributed by atoms with Crippen molar-refractivity contribution in [3.8, 4) is 0 Å². The van der Waals surface area contributed by atoms with Crippen molar-refractivity contribution in [1.29, 1.82) is 0 Å². The number of benzene rings is 2. The molecular formula is C19H24N2O2. The summed E-state index contributed by atoms with van der Waals surface area (Å²) in [5.41, 5.74) is 2.28. The standard InChI is InChI=1S/C19H24N2O2/c1-2-14(13-22)20-11-15(23)12-21-18-9-5-3-7-16(18)17-8-4-6-10-19(17)21/h3-10,14-15,20,22-23H,2,11-13H2,1H3/t14-,15-/m0/s1. The number of hydrogen-bond donors (Lipinski definition) is 3. The molecule has 0 aliphatic carbocycles. The zero-order valence-corrected chi connectivity index (χ0v) is 13.4. The Morgan fingerprint density at radius 2 is 1.57 bits per heavy atom. The number of aliphatic hydroxyl groups excluding tert-OH is 2. The molecule has 0 fully saturated rings. The first-order chi connectivity index (χ1) is 11.2. The molecule has 3 rings (SSSR count). The van der Waals surface area contributed by atoms with E-state index in [4.69, 9.17) is 0 Å². The lowest BCUT2D eigenvalue weighted by atomic mass is 10.2. The molecule has 1 aromatic heterocycles. The maximum Gasteiger partial charge on any atom is 0.0843 e. The minimum Gasteiger partial charge on any atom is -0.395 e. The second-order valence-corrected chi connectivity index (χ2v) is 5.99. The normalized spacial score (nSPS) is 14.4. The van der Waals surface area contributed by atoms with Gasteiger partial charge in [-0.3, -0.25) is 0 Å². The summed E-state index contributed by atoms with van der Waals surface area (Å²) < 4.78 is 2.18. The monoisotopic (exact) mass is 312 g/mol. The van der Waals surface area contributed by atoms with Gasteiger partial charge in [0.05, 0.1) is 19.3 Å². The van der Waals surface area contributed by atoms with Crippen LogP contribution >= 0.6 is 0 Å². The average Bonchev–Trinajstić information content (AvgIpc) is 2.90. The molecule has 4 nitrogen and oxygen atoms in total. The predicted octanol–water partition coefficient (Wildman–Crippen LogP) is 2.52. The highest BCUT2D eigenvalue weighted by molar-refractivity contribution is 6.07. The molecule has 0 radical (unpaired) electrons. The van der Waals surface area contributed by atoms with E-state index in [1.165, 1.54) is 10.8 Å². The van der Waals surface area contributed by atoms with Gasteiger partial charge in [0.2, 0.25) is 0 Å². The Morgan fingerprint density at radius 1 is 1.00 bits per heavy atom. The molecule has 0 saturated heterocycles. The quantitative estimate of drug-likeness (QED) is 0.628. The molecule has 0 saturated carbocycles. The van der Waals surface area contributed by atoms with Crippen molar-refractivity contribution < 1.29 is 10.2 Å². The number of aromatic nitrogens is 1. The lowest BCUT2D eigenvalue weighted by Crippen LogP contribution is -2.38. The number of hydrogen-bond acceptors (Lipinski definition) is 3. The van der Waals surface area contributed by atoms with Crippen LogP contribution in [0.15, 0.2) is 48.5 Å². The summed E-state index contributed by atoms with van der Waals surface area (Å²) in [6.45, 7) is 3.12. The first-order valence-corrected chi connectivity index (χ1v) is 8.22. The van der Waals surface area contributed by atoms with E-state index in [2.05, 4.69) is 34.1 Å². The Kier molecular flexibility index (Phi) is 4.96. The number of rotatable bonds is 7. The minimum absolute atomic E-state index is 0.0443. The topological polar surface area (TPSA) is 57.4 Å². The fraction of sp³-hybridized carbons (Fsp3) is 0.368. The highest BCUT2D eigenvalue weighted by Crippen LogP contribution is 2.28. The molecule has 4 heteroatoms. The van der Waals surface area contributed by atoms with Gasteiger partial charge in [-0.25, -0.2) is 0 Å². The molecule has 0 bridgehead atoms. The van der Waals surface area contributed by atoms with Gasteiger partial charge in [0.1, 0.15) is 0 Å². The van der Waals surface area contributed by atoms with Gasteiger partial charge in [-0.05, 0) is 18.6 Å². The molecule has 0 spiro atoms. The number of aliphatic hydroxyl groups is 2. The van der Waals surface area contributed by atoms with Gasteiger partial charge in [0, 0.05) is 34.4 Å². The van der Waals surface area contributed by atoms with Crippen molar-refractivity contribution in [1.82, 2.24) is 9.88 Å². The van der Waals surface area contributed by atoms with Gasteiger partial charge < -0.3 is 20.1 Å². The third kappa shape index (κ3) is 3.24. The summed E-state index contributed by atoms with van der Waals surface area (Å²) in [6, 6.07) is 16.6. The smallest absolute Gasteiger partial charge is 0.0843 e. The van der Waals surface area contributed by atoms with Crippen molar-refractivity contribution in [3.63, 3.8) is 0 Å². The number of fused-ring (bicyclic) bond motifs is 3. The average molecular weight is 312 g/mol. The van der Waals surface area contributed by atoms with Crippen LogP contribution in [0.4, 0.5) is 0 Å². The maximum atomic E-state index is 10.4. The fourth-order valence-corrected chi connectivity index (χ4v) is 3.12. The molecule has 2 aromatic carbocycles. The van der Waals surface area contributed by atoms with Crippen molar-refractivity contribution in [2.45, 2.75) is 32.0 Å². The second kappa shape index (κ2) is 7.13. The van der Waals surface area contributed by atoms with E-state index in [9.17, 15) is 10.2 Å². The Morgan fingerprint density at radius 3 is 2.09 bits per heavy atom. The van der Waals surface area contributed by atoms with Crippen LogP contribution in [0.1, 0.15) is 13.3 Å². The molecule has 0 aliphatic heterocycles. The third-order valence-corrected chi connectivity index (χ3v) is 4.43. The summed E-state index contributed by atoms with van der Waals surface area (Å²) in [6.07, 6.45) is 0.341. The van der Waals surface area contributed by atoms with E-state index >= 15 is 0 Å². The van der Waals surface area contributed by atoms with Crippen LogP contribution in [-0.4, -0.2) is 40.1 Å². The molecule has 3 aromatic rings. The third-order valence-electron chi connectivity index (χ3n) is 4.43. The van der Waals surface area contributed by atoms with Crippen LogP contribution < -0.4 is 5.32 Å². The first kappa shape index (κ1) is 16.0. The van der Waals surface area contributed by atoms with E-state index in [1.54, 1.807) is 0 Å². The minimum atomic E-state index is -0.505. The summed E-state index contributed by atoms with van der Waals surface area (Å²) >= 11 is 0. The molecule has 0 unspecified atom stereocenters. The summed E-state index contributed by atoms with van der Waals surface area (Å²) in [4.78, 5) is 0. The zero-order chi connectivity index (χ0) is 16.2. The number of nitrogens with one attached hydrogen (secondary N) is 1. The lowest BCUT2D eigenvalue weighted by molar-refractivity contribution is 0.141. The lowest BCUT2D eigenvalue weighted by Gasteiger charge is -2.18. The van der Waals surface area contributed by atoms with Crippen LogP contribution in [0.25, 0.3) is 21.8 Å². The molecule has 0 amide bonds. The van der Waals surface area contributed by atoms with Gasteiger partial charge in [-0.1, -0.05) is 43.3 Å². The van der Waals surface area contributed by atoms with Gasteiger partial charge in [0.25, 0.3) is 0 Å². The Labute approximate surface area is 136 Å². The van der Waals surface area contributed by atoms with Crippen molar-refractivity contribution in [2.75, 3.05) is 13.2 Å². The largest absolute Gasteiger partial charge is 0.395 e. The summed E-state index contributed by atoms with van der Waals surface area (Å²) in [7, 11) is 0. The second-order valence-electron chi connectivity index (χ2n) is 5.99. The molecule has 2 atom stereocenters. The molecule has 3 N–H and O–H groups in total. The van der Waals surface area contributed by atoms with Gasteiger partial charge >= 0.3 is 0 Å². The summed E-state index contributed by atoms with van der Waals surface area (Å²) in [5.74, 6) is 0. The van der Waals surface area contributed by atoms with Crippen molar-refractivity contribution in [3.05, 3.63) is 48.5 Å². The summed E-state index contributed by atoms with van der Waals surface area (Å²) in [5, 5.41) is 25.3. The van der Waals surface area contributed by atoms with E-state index in [0.29, 0.717) is 13.1 Å². The molecule has 122 valence electrons. The van der Waals surface area contributed by atoms with Crippen LogP contribution in [0.5, 0.6) is 0 Å². The van der Waals surface area contributed by atoms with E-state index in [0.717, 1.165) is 17.5 Å². The highest BCUT2D eigenvalue weighted by atomic mass is 16.3. The van der Waals surface area contributed by atoms with Gasteiger partial charge in [-0.2, -0.15) is 0 Å². The number of nitrogens with zero attached hydrogens (tertiary/aromatic N) is 1. The molecular weight excluding hydrogens is 288 g/mol. The van der Waals surface area contributed by atoms with E-state index < -0.39 is 6.10 Å². The van der Waals surface area contributed by atoms with Crippen LogP contribution in [0.3, 0.4) is 0 Å². The SMILES string of the molecule is CC[C@@H](CO)NC[C@H](O)Cn1c2ccccc2c2ccccc21. The Bertz CT molecular complexity index is 724. The van der Waals surface area contributed by atoms with E-state index in [1.807, 2.05) is 31.2 Å². The molecule has 1 heterocycles. The Balaban J connectivity index is 1.86. The van der Waals surface area contributed by atoms with Gasteiger partial charge in [0.15, 0.2) is 0 Å². The van der Waals surface area contributed by atoms with Crippen molar-refractivity contribution >= 4 is 21.8 Å². The first-order valence-electron chi connectivity index (χ1n) is 8.22.